The second-order valence-corrected chi connectivity index (χ2v) is 20.8. The van der Waals surface area contributed by atoms with Gasteiger partial charge in [0.1, 0.15) is 54.2 Å². The third kappa shape index (κ3) is 11.0. The van der Waals surface area contributed by atoms with Crippen molar-refractivity contribution in [3.8, 4) is 0 Å². The molecule has 0 saturated carbocycles. The van der Waals surface area contributed by atoms with E-state index in [2.05, 4.69) is 47.4 Å². The quantitative estimate of drug-likeness (QED) is 0.0324. The molecule has 2 aliphatic rings. The number of aliphatic hydroxyl groups is 3. The zero-order valence-corrected chi connectivity index (χ0v) is 38.0. The van der Waals surface area contributed by atoms with Crippen LogP contribution >= 0.6 is 31.3 Å². The minimum Gasteiger partial charge on any atom is -0.453 e. The maximum Gasteiger partial charge on any atom is 0.490 e. The predicted octanol–water partition coefficient (Wildman–Crippen LogP) is 0.649. The Morgan fingerprint density at radius 3 is 1.57 bits per heavy atom. The average molecular weight is 1040 g/mol. The highest BCUT2D eigenvalue weighted by molar-refractivity contribution is 7.69. The first-order valence-corrected chi connectivity index (χ1v) is 25.4. The summed E-state index contributed by atoms with van der Waals surface area (Å²) in [4.78, 5) is 90.9. The second-order valence-electron chi connectivity index (χ2n) is 14.6. The Balaban J connectivity index is 0.903. The number of hydrogen-bond acceptors (Lipinski definition) is 25. The van der Waals surface area contributed by atoms with Crippen LogP contribution in [0.4, 0.5) is 11.6 Å². The molecule has 31 nitrogen and oxygen atoms in total. The van der Waals surface area contributed by atoms with Crippen molar-refractivity contribution < 1.29 is 98.9 Å². The smallest absolute Gasteiger partial charge is 0.453 e. The lowest BCUT2D eigenvalue weighted by Crippen LogP contribution is -2.38. The molecule has 2 fully saturated rings. The summed E-state index contributed by atoms with van der Waals surface area (Å²) in [6.45, 7) is -2.36. The number of hydrogen-bond donors (Lipinski definition) is 9. The van der Waals surface area contributed by atoms with Crippen LogP contribution in [0.3, 0.4) is 0 Å². The third-order valence-corrected chi connectivity index (χ3v) is 16.0. The first kappa shape index (κ1) is 50.0. The fraction of sp³-hybridized carbons (Fsp3) is 0.294. The van der Waals surface area contributed by atoms with Crippen LogP contribution in [-0.4, -0.2) is 136 Å². The van der Waals surface area contributed by atoms with Crippen molar-refractivity contribution in [1.29, 1.82) is 0 Å². The molecule has 2 aliphatic heterocycles. The van der Waals surface area contributed by atoms with Gasteiger partial charge in [0.05, 0.1) is 31.4 Å². The molecule has 69 heavy (non-hydrogen) atoms. The van der Waals surface area contributed by atoms with Crippen molar-refractivity contribution in [3.05, 3.63) is 96.6 Å². The zero-order valence-electron chi connectivity index (χ0n) is 34.4. The zero-order chi connectivity index (χ0) is 49.6. The molecule has 4 unspecified atom stereocenters. The first-order chi connectivity index (χ1) is 32.5. The molecule has 6 heterocycles. The fourth-order valence-corrected chi connectivity index (χ4v) is 11.9. The molecule has 4 aromatic heterocycles. The van der Waals surface area contributed by atoms with Gasteiger partial charge in [-0.3, -0.25) is 23.0 Å². The Hall–Kier alpha value is -5.36. The predicted molar refractivity (Wildman–Crippen MR) is 225 cm³/mol. The molecule has 0 spiro atoms. The van der Waals surface area contributed by atoms with E-state index in [1.54, 1.807) is 30.3 Å². The molecule has 0 radical (unpaired) electrons. The lowest BCUT2D eigenvalue weighted by atomic mass is 10.0. The van der Waals surface area contributed by atoms with Crippen molar-refractivity contribution in [2.75, 3.05) is 24.7 Å². The van der Waals surface area contributed by atoms with E-state index < -0.39 is 99.6 Å². The summed E-state index contributed by atoms with van der Waals surface area (Å²) in [5.74, 6) is -1.56. The number of phosphoric acid groups is 4. The van der Waals surface area contributed by atoms with Crippen LogP contribution in [0.25, 0.3) is 22.3 Å². The van der Waals surface area contributed by atoms with Gasteiger partial charge in [0, 0.05) is 11.1 Å². The highest BCUT2D eigenvalue weighted by Crippen LogP contribution is 2.71. The summed E-state index contributed by atoms with van der Waals surface area (Å²) in [5, 5.41) is 32.6. The van der Waals surface area contributed by atoms with Gasteiger partial charge in [-0.1, -0.05) is 42.5 Å². The van der Waals surface area contributed by atoms with Gasteiger partial charge in [0.15, 0.2) is 47.3 Å². The van der Waals surface area contributed by atoms with Crippen LogP contribution in [0.1, 0.15) is 38.7 Å². The number of carbonyl (C=O) groups is 2. The van der Waals surface area contributed by atoms with Gasteiger partial charge in [-0.25, -0.2) is 53.0 Å². The van der Waals surface area contributed by atoms with E-state index in [9.17, 15) is 62.7 Å². The van der Waals surface area contributed by atoms with Gasteiger partial charge >= 0.3 is 37.3 Å². The highest BCUT2D eigenvalue weighted by atomic mass is 31.3. The molecule has 11 N–H and O–H groups in total. The van der Waals surface area contributed by atoms with Crippen LogP contribution in [0, 0.1) is 0 Å². The number of ketones is 1. The third-order valence-electron chi connectivity index (χ3n) is 10.1. The van der Waals surface area contributed by atoms with Gasteiger partial charge in [0.25, 0.3) is 0 Å². The second kappa shape index (κ2) is 19.4. The molecule has 2 aromatic carbocycles. The fourth-order valence-electron chi connectivity index (χ4n) is 6.95. The molecule has 2 saturated heterocycles. The van der Waals surface area contributed by atoms with Crippen LogP contribution in [0.5, 0.6) is 0 Å². The van der Waals surface area contributed by atoms with E-state index >= 15 is 0 Å². The van der Waals surface area contributed by atoms with E-state index in [4.69, 9.17) is 30.2 Å². The molecule has 0 bridgehead atoms. The van der Waals surface area contributed by atoms with E-state index in [0.29, 0.717) is 5.56 Å². The minimum atomic E-state index is -6.33. The summed E-state index contributed by atoms with van der Waals surface area (Å²) < 4.78 is 91.6. The topological polar surface area (TPSA) is 457 Å². The van der Waals surface area contributed by atoms with Crippen molar-refractivity contribution in [2.45, 2.75) is 49.1 Å². The summed E-state index contributed by atoms with van der Waals surface area (Å²) in [6, 6.07) is 13.4. The number of phosphoric ester groups is 2. The van der Waals surface area contributed by atoms with Crippen LogP contribution in [0.15, 0.2) is 79.9 Å². The number of nitrogen functional groups attached to an aromatic ring is 2. The molecular weight excluding hydrogens is 1010 g/mol. The lowest BCUT2D eigenvalue weighted by Gasteiger charge is -2.22. The maximum absolute atomic E-state index is 13.4. The number of carbonyl (C=O) groups excluding carboxylic acids is 2. The molecule has 6 aromatic rings. The van der Waals surface area contributed by atoms with E-state index in [1.807, 2.05) is 0 Å². The Bertz CT molecular complexity index is 3100. The van der Waals surface area contributed by atoms with Crippen molar-refractivity contribution in [3.63, 3.8) is 0 Å². The van der Waals surface area contributed by atoms with Crippen LogP contribution in [0.2, 0.25) is 0 Å². The summed E-state index contributed by atoms with van der Waals surface area (Å²) in [7, 11) is -24.4. The lowest BCUT2D eigenvalue weighted by molar-refractivity contribution is -0.0520. The largest absolute Gasteiger partial charge is 0.490 e. The van der Waals surface area contributed by atoms with Gasteiger partial charge < -0.3 is 60.6 Å². The standard InChI is InChI=1S/C34H36N10O21P4/c35-28-21-30(39-12-37-28)43(14-41-21)32-25(47)24(46)19(60-32)10-58-66(50,51)63-68(54,55)65-69(56,57)64-67(52,53)59-11-20-27(26(48)33(61-20)44-15-42-22-29(36)38-13-40-31(22)44)62-34(49)18-8-6-17(7-9-18)23(45)16-4-2-1-3-5-16/h1-9,12-15,19-20,24-27,32-33,46-48H,10-11H2,(H,50,51)(H,52,53)(H,54,55)(H,56,57)(H2,35,37,39)(H2,36,38,40)/t19-,20-,24-,25-,26-,27-,32-,33-/m1/s1. The molecule has 368 valence electrons. The van der Waals surface area contributed by atoms with Crippen molar-refractivity contribution in [2.24, 2.45) is 0 Å². The average Bonchev–Trinajstić information content (AvgIpc) is 4.06. The Morgan fingerprint density at radius 1 is 0.580 bits per heavy atom. The SMILES string of the molecule is Nc1ncnc2c1ncn2[C@@H]1O[C@H](COP(=O)(O)OP(=O)(O)OP(=O)(O)OP(=O)(O)OC[C@H]2O[C@@H](n3cnc4c(N)ncnc43)[C@H](O)[C@@H]2OC(=O)c2ccc(C(=O)c3ccccc3)cc2)[C@@H](O)[C@H]1O. The first-order valence-electron chi connectivity index (χ1n) is 19.4. The number of rotatable bonds is 18. The number of aromatic nitrogens is 8. The van der Waals surface area contributed by atoms with Crippen LogP contribution < -0.4 is 11.5 Å². The number of imidazole rings is 2. The number of ether oxygens (including phenoxy) is 3. The Kier molecular flexibility index (Phi) is 14.1. The number of esters is 1. The molecular formula is C34H36N10O21P4. The van der Waals surface area contributed by atoms with Gasteiger partial charge in [0.2, 0.25) is 0 Å². The van der Waals surface area contributed by atoms with Gasteiger partial charge in [-0.05, 0) is 12.1 Å². The molecule has 8 rings (SSSR count). The highest BCUT2D eigenvalue weighted by Gasteiger charge is 2.51. The van der Waals surface area contributed by atoms with Crippen LogP contribution in [-0.2, 0) is 54.5 Å². The van der Waals surface area contributed by atoms with Gasteiger partial charge in [-0.15, -0.1) is 0 Å². The molecule has 0 amide bonds. The number of fused-ring (bicyclic) bond motifs is 2. The van der Waals surface area contributed by atoms with E-state index in [-0.39, 0.29) is 50.9 Å². The normalized spacial score (nSPS) is 26.2. The van der Waals surface area contributed by atoms with Crippen molar-refractivity contribution >= 4 is 77.0 Å². The number of benzene rings is 2. The number of nitrogens with two attached hydrogens (primary N) is 2. The minimum absolute atomic E-state index is 0.0124. The van der Waals surface area contributed by atoms with E-state index in [1.165, 1.54) is 24.3 Å². The Labute approximate surface area is 384 Å². The summed E-state index contributed by atoms with van der Waals surface area (Å²) in [6.07, 6.45) is -9.19. The summed E-state index contributed by atoms with van der Waals surface area (Å²) in [5.41, 5.74) is 12.3. The molecule has 12 atom stereocenters. The molecule has 35 heteroatoms. The molecule has 0 aliphatic carbocycles. The van der Waals surface area contributed by atoms with E-state index in [0.717, 1.165) is 34.4 Å². The number of anilines is 2. The maximum atomic E-state index is 13.4. The Morgan fingerprint density at radius 2 is 1.03 bits per heavy atom. The van der Waals surface area contributed by atoms with Gasteiger partial charge in [-0.2, -0.15) is 12.9 Å². The monoisotopic (exact) mass is 1040 g/mol. The van der Waals surface area contributed by atoms with Crippen molar-refractivity contribution in [1.82, 2.24) is 39.0 Å². The summed E-state index contributed by atoms with van der Waals surface area (Å²) >= 11 is 0. The number of aliphatic hydroxyl groups excluding tert-OH is 3. The number of nitrogens with zero attached hydrogens (tertiary/aromatic N) is 8.